The lowest BCUT2D eigenvalue weighted by atomic mass is 9.92. The zero-order valence-electron chi connectivity index (χ0n) is 17.4. The number of ether oxygens (including phenoxy) is 4. The van der Waals surface area contributed by atoms with E-state index in [1.807, 2.05) is 0 Å². The van der Waals surface area contributed by atoms with E-state index in [0.717, 1.165) is 5.01 Å². The normalized spacial score (nSPS) is 18.5. The van der Waals surface area contributed by atoms with E-state index >= 15 is 0 Å². The summed E-state index contributed by atoms with van der Waals surface area (Å²) in [6, 6.07) is 9.54. The molecule has 9 nitrogen and oxygen atoms in total. The fraction of sp³-hybridized carbons (Fsp3) is 0.286. The summed E-state index contributed by atoms with van der Waals surface area (Å²) in [6.07, 6.45) is 1.36. The van der Waals surface area contributed by atoms with Gasteiger partial charge in [0.05, 0.1) is 34.7 Å². The van der Waals surface area contributed by atoms with Crippen LogP contribution in [0.2, 0.25) is 0 Å². The summed E-state index contributed by atoms with van der Waals surface area (Å²) >= 11 is 0. The molecular formula is C21H23N3O6. The Bertz CT molecular complexity index is 989. The topological polar surface area (TPSA) is 98.7 Å². The highest BCUT2D eigenvalue weighted by molar-refractivity contribution is 6.07. The van der Waals surface area contributed by atoms with E-state index in [9.17, 15) is 9.59 Å². The van der Waals surface area contributed by atoms with Crippen molar-refractivity contribution in [1.29, 1.82) is 0 Å². The average Bonchev–Trinajstić information content (AvgIpc) is 3.00. The molecule has 1 aliphatic heterocycles. The SMILES string of the molecule is COc1ccc([C@]2(C)NC(=O)N(/N=C\c3cc(OC)c(OC)cc3OC)C2=O)cc1. The van der Waals surface area contributed by atoms with Gasteiger partial charge in [-0.05, 0) is 30.7 Å². The predicted octanol–water partition coefficient (Wildman–Crippen LogP) is 2.52. The number of carbonyl (C=O) groups excluding carboxylic acids is 2. The fourth-order valence-electron chi connectivity index (χ4n) is 3.12. The van der Waals surface area contributed by atoms with Gasteiger partial charge in [0.25, 0.3) is 5.91 Å². The molecule has 3 amide bonds. The van der Waals surface area contributed by atoms with Crippen LogP contribution in [0.1, 0.15) is 18.1 Å². The molecular weight excluding hydrogens is 390 g/mol. The van der Waals surface area contributed by atoms with Gasteiger partial charge in [0.2, 0.25) is 0 Å². The van der Waals surface area contributed by atoms with Crippen LogP contribution in [0.4, 0.5) is 4.79 Å². The minimum atomic E-state index is -1.25. The Balaban J connectivity index is 1.91. The molecule has 1 atom stereocenters. The number of nitrogens with one attached hydrogen (secondary N) is 1. The minimum absolute atomic E-state index is 0.446. The van der Waals surface area contributed by atoms with Gasteiger partial charge in [-0.25, -0.2) is 4.79 Å². The van der Waals surface area contributed by atoms with Gasteiger partial charge in [-0.1, -0.05) is 12.1 Å². The van der Waals surface area contributed by atoms with Gasteiger partial charge in [0, 0.05) is 11.6 Å². The number of methoxy groups -OCH3 is 4. The zero-order chi connectivity index (χ0) is 21.9. The molecule has 2 aromatic rings. The first-order valence-electron chi connectivity index (χ1n) is 9.03. The van der Waals surface area contributed by atoms with Crippen molar-refractivity contribution < 1.29 is 28.5 Å². The predicted molar refractivity (Wildman–Crippen MR) is 109 cm³/mol. The van der Waals surface area contributed by atoms with Crippen LogP contribution in [0.15, 0.2) is 41.5 Å². The summed E-state index contributed by atoms with van der Waals surface area (Å²) in [5.74, 6) is 1.53. The fourth-order valence-corrected chi connectivity index (χ4v) is 3.12. The van der Waals surface area contributed by atoms with Crippen molar-refractivity contribution in [3.8, 4) is 23.0 Å². The van der Waals surface area contributed by atoms with Crippen molar-refractivity contribution in [3.05, 3.63) is 47.5 Å². The van der Waals surface area contributed by atoms with Crippen molar-refractivity contribution in [2.75, 3.05) is 28.4 Å². The van der Waals surface area contributed by atoms with Crippen LogP contribution in [0, 0.1) is 0 Å². The van der Waals surface area contributed by atoms with Gasteiger partial charge in [-0.2, -0.15) is 5.10 Å². The molecule has 0 radical (unpaired) electrons. The monoisotopic (exact) mass is 413 g/mol. The third-order valence-electron chi connectivity index (χ3n) is 4.88. The first-order chi connectivity index (χ1) is 14.4. The second kappa shape index (κ2) is 8.32. The molecule has 0 bridgehead atoms. The molecule has 0 spiro atoms. The molecule has 0 aromatic heterocycles. The third-order valence-corrected chi connectivity index (χ3v) is 4.88. The minimum Gasteiger partial charge on any atom is -0.497 e. The van der Waals surface area contributed by atoms with E-state index in [4.69, 9.17) is 18.9 Å². The van der Waals surface area contributed by atoms with Crippen LogP contribution in [-0.2, 0) is 10.3 Å². The molecule has 1 aliphatic rings. The number of imide groups is 1. The van der Waals surface area contributed by atoms with Gasteiger partial charge < -0.3 is 24.3 Å². The molecule has 1 N–H and O–H groups in total. The number of benzene rings is 2. The molecule has 30 heavy (non-hydrogen) atoms. The number of rotatable bonds is 7. The lowest BCUT2D eigenvalue weighted by Crippen LogP contribution is -2.40. The van der Waals surface area contributed by atoms with Crippen LogP contribution >= 0.6 is 0 Å². The molecule has 1 saturated heterocycles. The van der Waals surface area contributed by atoms with Crippen LogP contribution < -0.4 is 24.3 Å². The summed E-state index contributed by atoms with van der Waals surface area (Å²) in [5.41, 5.74) is -0.126. The van der Waals surface area contributed by atoms with E-state index in [1.165, 1.54) is 27.5 Å². The molecule has 0 unspecified atom stereocenters. The van der Waals surface area contributed by atoms with Crippen LogP contribution in [0.5, 0.6) is 23.0 Å². The molecule has 0 saturated carbocycles. The molecule has 2 aromatic carbocycles. The second-order valence-corrected chi connectivity index (χ2v) is 6.59. The molecule has 1 fully saturated rings. The highest BCUT2D eigenvalue weighted by atomic mass is 16.5. The summed E-state index contributed by atoms with van der Waals surface area (Å²) < 4.78 is 21.0. The summed E-state index contributed by atoms with van der Waals surface area (Å²) in [6.45, 7) is 1.63. The van der Waals surface area contributed by atoms with Crippen molar-refractivity contribution in [2.24, 2.45) is 5.10 Å². The van der Waals surface area contributed by atoms with Crippen LogP contribution in [-0.4, -0.2) is 51.6 Å². The maximum absolute atomic E-state index is 13.0. The Morgan fingerprint density at radius 3 is 2.07 bits per heavy atom. The Labute approximate surface area is 174 Å². The Morgan fingerprint density at radius 2 is 1.50 bits per heavy atom. The lowest BCUT2D eigenvalue weighted by molar-refractivity contribution is -0.131. The Kier molecular flexibility index (Phi) is 5.81. The highest BCUT2D eigenvalue weighted by Crippen LogP contribution is 2.34. The van der Waals surface area contributed by atoms with E-state index in [2.05, 4.69) is 10.4 Å². The van der Waals surface area contributed by atoms with E-state index in [-0.39, 0.29) is 0 Å². The molecule has 9 heteroatoms. The smallest absolute Gasteiger partial charge is 0.346 e. The molecule has 3 rings (SSSR count). The number of urea groups is 1. The van der Waals surface area contributed by atoms with Gasteiger partial charge in [-0.15, -0.1) is 5.01 Å². The number of hydrogen-bond acceptors (Lipinski definition) is 7. The third kappa shape index (κ3) is 3.61. The maximum Gasteiger partial charge on any atom is 0.346 e. The van der Waals surface area contributed by atoms with E-state index in [1.54, 1.807) is 50.4 Å². The van der Waals surface area contributed by atoms with E-state index < -0.39 is 17.5 Å². The molecule has 1 heterocycles. The van der Waals surface area contributed by atoms with Crippen molar-refractivity contribution >= 4 is 18.2 Å². The number of hydrazone groups is 1. The van der Waals surface area contributed by atoms with Crippen molar-refractivity contribution in [2.45, 2.75) is 12.5 Å². The highest BCUT2D eigenvalue weighted by Gasteiger charge is 2.49. The van der Waals surface area contributed by atoms with Crippen molar-refractivity contribution in [3.63, 3.8) is 0 Å². The standard InChI is InChI=1S/C21H23N3O6/c1-21(14-6-8-15(27-2)9-7-14)19(25)24(20(26)23-21)22-12-13-10-17(29-4)18(30-5)11-16(13)28-3/h6-12H,1-5H3,(H,23,26)/b22-12-/t21-/m0/s1. The maximum atomic E-state index is 13.0. The van der Waals surface area contributed by atoms with E-state index in [0.29, 0.717) is 34.1 Å². The Morgan fingerprint density at radius 1 is 0.900 bits per heavy atom. The Hall–Kier alpha value is -3.75. The largest absolute Gasteiger partial charge is 0.497 e. The number of nitrogens with zero attached hydrogens (tertiary/aromatic N) is 2. The first kappa shape index (κ1) is 21.0. The van der Waals surface area contributed by atoms with Crippen LogP contribution in [0.3, 0.4) is 0 Å². The second-order valence-electron chi connectivity index (χ2n) is 6.59. The summed E-state index contributed by atoms with van der Waals surface area (Å²) in [4.78, 5) is 25.5. The van der Waals surface area contributed by atoms with Gasteiger partial charge in [-0.3, -0.25) is 4.79 Å². The summed E-state index contributed by atoms with van der Waals surface area (Å²) in [5, 5.41) is 7.58. The lowest BCUT2D eigenvalue weighted by Gasteiger charge is -2.21. The quantitative estimate of drug-likeness (QED) is 0.553. The first-order valence-corrected chi connectivity index (χ1v) is 9.03. The van der Waals surface area contributed by atoms with Crippen LogP contribution in [0.25, 0.3) is 0 Å². The van der Waals surface area contributed by atoms with Crippen molar-refractivity contribution in [1.82, 2.24) is 10.3 Å². The molecule has 0 aliphatic carbocycles. The number of amides is 3. The number of hydrogen-bond donors (Lipinski definition) is 1. The van der Waals surface area contributed by atoms with Gasteiger partial charge in [0.1, 0.15) is 17.0 Å². The summed E-state index contributed by atoms with van der Waals surface area (Å²) in [7, 11) is 6.06. The number of carbonyl (C=O) groups is 2. The zero-order valence-corrected chi connectivity index (χ0v) is 17.4. The molecule has 158 valence electrons. The average molecular weight is 413 g/mol. The van der Waals surface area contributed by atoms with Gasteiger partial charge in [0.15, 0.2) is 11.5 Å². The van der Waals surface area contributed by atoms with Gasteiger partial charge >= 0.3 is 6.03 Å².